The Hall–Kier alpha value is -1.61. The lowest BCUT2D eigenvalue weighted by Gasteiger charge is -2.24. The van der Waals surface area contributed by atoms with E-state index in [1.54, 1.807) is 27.4 Å². The van der Waals surface area contributed by atoms with Crippen molar-refractivity contribution in [3.8, 4) is 11.8 Å². The van der Waals surface area contributed by atoms with Crippen LogP contribution in [0.1, 0.15) is 17.5 Å². The smallest absolute Gasteiger partial charge is 0.123 e. The number of likely N-dealkylation sites (tertiary alicyclic amines) is 1. The zero-order chi connectivity index (χ0) is 15.2. The molecule has 0 radical (unpaired) electrons. The average Bonchev–Trinajstić information content (AvgIpc) is 2.89. The fraction of sp³-hybridized carbons (Fsp3) is 0.562. The van der Waals surface area contributed by atoms with E-state index in [2.05, 4.69) is 11.0 Å². The number of hydrogen-bond acceptors (Lipinski definition) is 5. The molecule has 1 heterocycles. The summed E-state index contributed by atoms with van der Waals surface area (Å²) in [6, 6.07) is 8.02. The minimum Gasteiger partial charge on any atom is -0.496 e. The van der Waals surface area contributed by atoms with E-state index >= 15 is 0 Å². The summed E-state index contributed by atoms with van der Waals surface area (Å²) >= 11 is 0. The van der Waals surface area contributed by atoms with Gasteiger partial charge in [-0.2, -0.15) is 5.26 Å². The van der Waals surface area contributed by atoms with Crippen molar-refractivity contribution in [2.45, 2.75) is 25.1 Å². The molecular formula is C16H22N2O3. The molecule has 0 spiro atoms. The van der Waals surface area contributed by atoms with E-state index in [-0.39, 0.29) is 6.10 Å². The molecule has 1 aromatic carbocycles. The Bertz CT molecular complexity index is 513. The molecule has 2 rings (SSSR count). The molecule has 1 fully saturated rings. The zero-order valence-corrected chi connectivity index (χ0v) is 12.8. The van der Waals surface area contributed by atoms with Gasteiger partial charge in [-0.1, -0.05) is 0 Å². The normalized spacial score (nSPS) is 22.2. The minimum atomic E-state index is 0.232. The molecular weight excluding hydrogens is 268 g/mol. The van der Waals surface area contributed by atoms with Crippen molar-refractivity contribution >= 4 is 0 Å². The van der Waals surface area contributed by atoms with E-state index in [4.69, 9.17) is 19.5 Å². The van der Waals surface area contributed by atoms with Crippen molar-refractivity contribution in [2.75, 3.05) is 34.5 Å². The Labute approximate surface area is 126 Å². The topological polar surface area (TPSA) is 54.7 Å². The van der Waals surface area contributed by atoms with Crippen LogP contribution in [0.4, 0.5) is 0 Å². The van der Waals surface area contributed by atoms with E-state index < -0.39 is 0 Å². The number of nitriles is 1. The Balaban J connectivity index is 2.17. The Morgan fingerprint density at radius 2 is 2.14 bits per heavy atom. The molecule has 0 amide bonds. The van der Waals surface area contributed by atoms with Crippen LogP contribution in [0.2, 0.25) is 0 Å². The van der Waals surface area contributed by atoms with Crippen molar-refractivity contribution in [3.05, 3.63) is 29.3 Å². The molecule has 0 bridgehead atoms. The summed E-state index contributed by atoms with van der Waals surface area (Å²) in [5.41, 5.74) is 1.67. The third kappa shape index (κ3) is 3.73. The second-order valence-corrected chi connectivity index (χ2v) is 5.27. The van der Waals surface area contributed by atoms with Crippen molar-refractivity contribution in [2.24, 2.45) is 0 Å². The van der Waals surface area contributed by atoms with Gasteiger partial charge in [0, 0.05) is 38.9 Å². The van der Waals surface area contributed by atoms with Crippen molar-refractivity contribution in [1.82, 2.24) is 4.90 Å². The van der Waals surface area contributed by atoms with Crippen LogP contribution in [-0.4, -0.2) is 51.5 Å². The maximum Gasteiger partial charge on any atom is 0.123 e. The van der Waals surface area contributed by atoms with Gasteiger partial charge in [0.25, 0.3) is 0 Å². The van der Waals surface area contributed by atoms with Gasteiger partial charge in [0.1, 0.15) is 5.75 Å². The predicted octanol–water partition coefficient (Wildman–Crippen LogP) is 1.80. The molecule has 0 aromatic heterocycles. The van der Waals surface area contributed by atoms with Crippen molar-refractivity contribution in [1.29, 1.82) is 5.26 Å². The summed E-state index contributed by atoms with van der Waals surface area (Å²) in [5.74, 6) is 0.811. The quantitative estimate of drug-likeness (QED) is 0.799. The van der Waals surface area contributed by atoms with Crippen LogP contribution in [0.5, 0.6) is 5.75 Å². The maximum absolute atomic E-state index is 9.06. The van der Waals surface area contributed by atoms with Crippen molar-refractivity contribution in [3.63, 3.8) is 0 Å². The molecule has 1 aliphatic heterocycles. The van der Waals surface area contributed by atoms with E-state index in [1.807, 2.05) is 12.1 Å². The molecule has 21 heavy (non-hydrogen) atoms. The largest absolute Gasteiger partial charge is 0.496 e. The first-order valence-electron chi connectivity index (χ1n) is 7.04. The summed E-state index contributed by atoms with van der Waals surface area (Å²) < 4.78 is 16.2. The van der Waals surface area contributed by atoms with Gasteiger partial charge in [0.2, 0.25) is 0 Å². The molecule has 1 aromatic rings. The highest BCUT2D eigenvalue weighted by molar-refractivity contribution is 5.42. The lowest BCUT2D eigenvalue weighted by atomic mass is 10.1. The fourth-order valence-corrected chi connectivity index (χ4v) is 2.86. The van der Waals surface area contributed by atoms with E-state index in [0.717, 1.165) is 30.8 Å². The first-order chi connectivity index (χ1) is 10.2. The number of methoxy groups -OCH3 is 3. The van der Waals surface area contributed by atoms with Crippen LogP contribution in [0.25, 0.3) is 0 Å². The highest BCUT2D eigenvalue weighted by Crippen LogP contribution is 2.27. The second kappa shape index (κ2) is 7.41. The van der Waals surface area contributed by atoms with Gasteiger partial charge in [0.15, 0.2) is 0 Å². The molecule has 1 saturated heterocycles. The Kier molecular flexibility index (Phi) is 5.57. The summed E-state index contributed by atoms with van der Waals surface area (Å²) in [5, 5.41) is 9.06. The molecule has 2 atom stereocenters. The first-order valence-corrected chi connectivity index (χ1v) is 7.04. The molecule has 0 N–H and O–H groups in total. The zero-order valence-electron chi connectivity index (χ0n) is 12.8. The molecule has 1 aliphatic rings. The van der Waals surface area contributed by atoms with E-state index in [9.17, 15) is 0 Å². The van der Waals surface area contributed by atoms with Gasteiger partial charge in [-0.05, 0) is 24.6 Å². The monoisotopic (exact) mass is 290 g/mol. The van der Waals surface area contributed by atoms with E-state index in [1.165, 1.54) is 0 Å². The van der Waals surface area contributed by atoms with Gasteiger partial charge in [-0.15, -0.1) is 0 Å². The summed E-state index contributed by atoms with van der Waals surface area (Å²) in [7, 11) is 5.11. The number of nitrogens with zero attached hydrogens (tertiary/aromatic N) is 2. The van der Waals surface area contributed by atoms with Gasteiger partial charge in [-0.25, -0.2) is 0 Å². The predicted molar refractivity (Wildman–Crippen MR) is 79.2 cm³/mol. The van der Waals surface area contributed by atoms with Crippen LogP contribution in [-0.2, 0) is 16.0 Å². The fourth-order valence-electron chi connectivity index (χ4n) is 2.86. The Morgan fingerprint density at radius 1 is 1.33 bits per heavy atom. The van der Waals surface area contributed by atoms with Crippen LogP contribution >= 0.6 is 0 Å². The van der Waals surface area contributed by atoms with Crippen LogP contribution in [0, 0.1) is 11.3 Å². The maximum atomic E-state index is 9.06. The highest BCUT2D eigenvalue weighted by atomic mass is 16.5. The molecule has 5 nitrogen and oxygen atoms in total. The number of ether oxygens (including phenoxy) is 3. The van der Waals surface area contributed by atoms with Gasteiger partial charge in [-0.3, -0.25) is 4.90 Å². The van der Waals surface area contributed by atoms with Gasteiger partial charge >= 0.3 is 0 Å². The lowest BCUT2D eigenvalue weighted by Crippen LogP contribution is -2.32. The third-order valence-corrected chi connectivity index (χ3v) is 3.96. The number of benzene rings is 1. The Morgan fingerprint density at radius 3 is 2.76 bits per heavy atom. The number of hydrogen-bond donors (Lipinski definition) is 0. The molecule has 0 saturated carbocycles. The summed E-state index contributed by atoms with van der Waals surface area (Å²) in [6.07, 6.45) is 1.19. The molecule has 114 valence electrons. The van der Waals surface area contributed by atoms with Crippen LogP contribution < -0.4 is 4.74 Å². The van der Waals surface area contributed by atoms with Gasteiger partial charge < -0.3 is 14.2 Å². The molecule has 0 aliphatic carbocycles. The van der Waals surface area contributed by atoms with E-state index in [0.29, 0.717) is 18.2 Å². The van der Waals surface area contributed by atoms with Crippen LogP contribution in [0.15, 0.2) is 18.2 Å². The second-order valence-electron chi connectivity index (χ2n) is 5.27. The standard InChI is InChI=1S/C16H22N2O3/c1-19-11-14-7-15(20-2)10-18(14)9-13-6-12(8-17)4-5-16(13)21-3/h4-6,14-15H,7,9-11H2,1-3H3/t14-,15-/m0/s1. The van der Waals surface area contributed by atoms with Gasteiger partial charge in [0.05, 0.1) is 31.5 Å². The highest BCUT2D eigenvalue weighted by Gasteiger charge is 2.32. The molecule has 5 heteroatoms. The average molecular weight is 290 g/mol. The minimum absolute atomic E-state index is 0.232. The summed E-state index contributed by atoms with van der Waals surface area (Å²) in [4.78, 5) is 2.33. The molecule has 0 unspecified atom stereocenters. The first kappa shape index (κ1) is 15.8. The van der Waals surface area contributed by atoms with Crippen molar-refractivity contribution < 1.29 is 14.2 Å². The lowest BCUT2D eigenvalue weighted by molar-refractivity contribution is 0.105. The third-order valence-electron chi connectivity index (χ3n) is 3.96. The summed E-state index contributed by atoms with van der Waals surface area (Å²) in [6.45, 7) is 2.27. The SMILES string of the molecule is COC[C@@H]1C[C@H](OC)CN1Cc1cc(C#N)ccc1OC. The number of rotatable bonds is 6. The van der Waals surface area contributed by atoms with Crippen LogP contribution in [0.3, 0.4) is 0 Å².